The third-order valence-corrected chi connectivity index (χ3v) is 1.68. The standard InChI is InChI=1S/C9H13FN2O/c1-2-9(13)11-6-7-4-3-5-8(10)12-7/h3-5,9,11,13H,2,6H2,1H3. The topological polar surface area (TPSA) is 45.1 Å². The van der Waals surface area contributed by atoms with E-state index in [1.165, 1.54) is 6.07 Å². The summed E-state index contributed by atoms with van der Waals surface area (Å²) in [7, 11) is 0. The molecule has 2 N–H and O–H groups in total. The van der Waals surface area contributed by atoms with Gasteiger partial charge in [0.2, 0.25) is 5.95 Å². The summed E-state index contributed by atoms with van der Waals surface area (Å²) in [5.74, 6) is -0.495. The first-order chi connectivity index (χ1) is 6.22. The Kier molecular flexibility index (Phi) is 3.79. The fourth-order valence-electron chi connectivity index (χ4n) is 0.915. The van der Waals surface area contributed by atoms with Gasteiger partial charge in [0, 0.05) is 6.54 Å². The highest BCUT2D eigenvalue weighted by Crippen LogP contribution is 1.97. The first-order valence-electron chi connectivity index (χ1n) is 4.25. The van der Waals surface area contributed by atoms with E-state index in [9.17, 15) is 4.39 Å². The molecule has 0 saturated carbocycles. The molecule has 3 nitrogen and oxygen atoms in total. The normalized spacial score (nSPS) is 12.8. The van der Waals surface area contributed by atoms with Crippen LogP contribution in [0.25, 0.3) is 0 Å². The molecule has 0 saturated heterocycles. The second-order valence-electron chi connectivity index (χ2n) is 2.76. The minimum atomic E-state index is -0.551. The Bertz CT molecular complexity index is 268. The largest absolute Gasteiger partial charge is 0.379 e. The zero-order chi connectivity index (χ0) is 9.68. The van der Waals surface area contributed by atoms with Gasteiger partial charge >= 0.3 is 0 Å². The van der Waals surface area contributed by atoms with Crippen LogP contribution in [0.2, 0.25) is 0 Å². The molecule has 0 aliphatic carbocycles. The van der Waals surface area contributed by atoms with Crippen molar-refractivity contribution in [1.82, 2.24) is 10.3 Å². The maximum atomic E-state index is 12.6. The van der Waals surface area contributed by atoms with E-state index in [4.69, 9.17) is 5.11 Å². The van der Waals surface area contributed by atoms with Crippen molar-refractivity contribution in [2.24, 2.45) is 0 Å². The SMILES string of the molecule is CCC(O)NCc1cccc(F)n1. The summed E-state index contributed by atoms with van der Waals surface area (Å²) < 4.78 is 12.6. The zero-order valence-electron chi connectivity index (χ0n) is 7.50. The monoisotopic (exact) mass is 184 g/mol. The van der Waals surface area contributed by atoms with E-state index in [1.807, 2.05) is 6.92 Å². The van der Waals surface area contributed by atoms with Crippen LogP contribution in [-0.4, -0.2) is 16.3 Å². The lowest BCUT2D eigenvalue weighted by Gasteiger charge is -2.09. The van der Waals surface area contributed by atoms with Gasteiger partial charge in [-0.05, 0) is 18.6 Å². The van der Waals surface area contributed by atoms with Gasteiger partial charge in [0.15, 0.2) is 0 Å². The number of hydrogen-bond donors (Lipinski definition) is 2. The van der Waals surface area contributed by atoms with Gasteiger partial charge < -0.3 is 5.11 Å². The Hall–Kier alpha value is -1.00. The summed E-state index contributed by atoms with van der Waals surface area (Å²) in [6, 6.07) is 4.59. The van der Waals surface area contributed by atoms with E-state index >= 15 is 0 Å². The lowest BCUT2D eigenvalue weighted by Crippen LogP contribution is -2.27. The van der Waals surface area contributed by atoms with E-state index in [-0.39, 0.29) is 0 Å². The molecular weight excluding hydrogens is 171 g/mol. The molecule has 1 atom stereocenters. The molecule has 0 bridgehead atoms. The molecule has 0 aromatic carbocycles. The van der Waals surface area contributed by atoms with Crippen LogP contribution in [0.15, 0.2) is 18.2 Å². The first kappa shape index (κ1) is 10.1. The van der Waals surface area contributed by atoms with Crippen molar-refractivity contribution < 1.29 is 9.50 Å². The van der Waals surface area contributed by atoms with Gasteiger partial charge in [-0.3, -0.25) is 5.32 Å². The summed E-state index contributed by atoms with van der Waals surface area (Å²) in [4.78, 5) is 3.64. The van der Waals surface area contributed by atoms with Gasteiger partial charge in [-0.2, -0.15) is 4.39 Å². The molecule has 1 aromatic rings. The predicted molar refractivity (Wildman–Crippen MR) is 47.3 cm³/mol. The number of rotatable bonds is 4. The maximum absolute atomic E-state index is 12.6. The van der Waals surface area contributed by atoms with Gasteiger partial charge in [0.25, 0.3) is 0 Å². The number of aliphatic hydroxyl groups is 1. The zero-order valence-corrected chi connectivity index (χ0v) is 7.50. The Morgan fingerprint density at radius 2 is 2.38 bits per heavy atom. The average Bonchev–Trinajstić information content (AvgIpc) is 2.14. The highest BCUT2D eigenvalue weighted by Gasteiger charge is 2.00. The Morgan fingerprint density at radius 1 is 1.62 bits per heavy atom. The summed E-state index contributed by atoms with van der Waals surface area (Å²) in [6.07, 6.45) is 0.0695. The molecule has 0 aliphatic rings. The number of aromatic nitrogens is 1. The Morgan fingerprint density at radius 3 is 3.00 bits per heavy atom. The molecule has 0 aliphatic heterocycles. The highest BCUT2D eigenvalue weighted by molar-refractivity contribution is 5.04. The number of hydrogen-bond acceptors (Lipinski definition) is 3. The van der Waals surface area contributed by atoms with Crippen molar-refractivity contribution in [3.63, 3.8) is 0 Å². The van der Waals surface area contributed by atoms with Gasteiger partial charge in [0.1, 0.15) is 6.23 Å². The van der Waals surface area contributed by atoms with Crippen LogP contribution in [0.1, 0.15) is 19.0 Å². The third kappa shape index (κ3) is 3.48. The van der Waals surface area contributed by atoms with Gasteiger partial charge in [-0.1, -0.05) is 13.0 Å². The molecule has 13 heavy (non-hydrogen) atoms. The second-order valence-corrected chi connectivity index (χ2v) is 2.76. The third-order valence-electron chi connectivity index (χ3n) is 1.68. The molecule has 0 radical (unpaired) electrons. The molecule has 1 unspecified atom stereocenters. The summed E-state index contributed by atoms with van der Waals surface area (Å²) in [6.45, 7) is 2.24. The van der Waals surface area contributed by atoms with Crippen molar-refractivity contribution >= 4 is 0 Å². The molecule has 4 heteroatoms. The maximum Gasteiger partial charge on any atom is 0.213 e. The number of pyridine rings is 1. The number of aliphatic hydroxyl groups excluding tert-OH is 1. The lowest BCUT2D eigenvalue weighted by atomic mass is 10.3. The quantitative estimate of drug-likeness (QED) is 0.543. The number of nitrogens with one attached hydrogen (secondary N) is 1. The van der Waals surface area contributed by atoms with Gasteiger partial charge in [-0.25, -0.2) is 4.98 Å². The van der Waals surface area contributed by atoms with Crippen molar-refractivity contribution in [2.75, 3.05) is 0 Å². The van der Waals surface area contributed by atoms with E-state index in [1.54, 1.807) is 12.1 Å². The predicted octanol–water partition coefficient (Wildman–Crippen LogP) is 1.04. The van der Waals surface area contributed by atoms with E-state index < -0.39 is 12.2 Å². The lowest BCUT2D eigenvalue weighted by molar-refractivity contribution is 0.130. The van der Waals surface area contributed by atoms with E-state index in [0.29, 0.717) is 18.7 Å². The fourth-order valence-corrected chi connectivity index (χ4v) is 0.915. The highest BCUT2D eigenvalue weighted by atomic mass is 19.1. The molecule has 72 valence electrons. The smallest absolute Gasteiger partial charge is 0.213 e. The Balaban J connectivity index is 2.45. The minimum Gasteiger partial charge on any atom is -0.379 e. The van der Waals surface area contributed by atoms with Crippen molar-refractivity contribution in [2.45, 2.75) is 26.1 Å². The molecule has 1 aromatic heterocycles. The molecule has 0 fully saturated rings. The molecule has 1 heterocycles. The number of nitrogens with zero attached hydrogens (tertiary/aromatic N) is 1. The average molecular weight is 184 g/mol. The molecule has 0 amide bonds. The van der Waals surface area contributed by atoms with Crippen LogP contribution >= 0.6 is 0 Å². The Labute approximate surface area is 76.6 Å². The molecule has 0 spiro atoms. The first-order valence-corrected chi connectivity index (χ1v) is 4.25. The van der Waals surface area contributed by atoms with Crippen molar-refractivity contribution in [1.29, 1.82) is 0 Å². The molecule has 1 rings (SSSR count). The number of halogens is 1. The van der Waals surface area contributed by atoms with Crippen molar-refractivity contribution in [3.05, 3.63) is 29.8 Å². The van der Waals surface area contributed by atoms with Crippen LogP contribution in [0.3, 0.4) is 0 Å². The van der Waals surface area contributed by atoms with Crippen LogP contribution in [0.4, 0.5) is 4.39 Å². The van der Waals surface area contributed by atoms with Crippen LogP contribution in [0, 0.1) is 5.95 Å². The fraction of sp³-hybridized carbons (Fsp3) is 0.444. The van der Waals surface area contributed by atoms with Gasteiger partial charge in [0.05, 0.1) is 5.69 Å². The minimum absolute atomic E-state index is 0.382. The van der Waals surface area contributed by atoms with E-state index in [2.05, 4.69) is 10.3 Å². The van der Waals surface area contributed by atoms with Crippen LogP contribution in [0.5, 0.6) is 0 Å². The molecular formula is C9H13FN2O. The van der Waals surface area contributed by atoms with Crippen molar-refractivity contribution in [3.8, 4) is 0 Å². The van der Waals surface area contributed by atoms with Gasteiger partial charge in [-0.15, -0.1) is 0 Å². The van der Waals surface area contributed by atoms with Crippen LogP contribution < -0.4 is 5.32 Å². The van der Waals surface area contributed by atoms with Crippen LogP contribution in [-0.2, 0) is 6.54 Å². The summed E-state index contributed by atoms with van der Waals surface area (Å²) in [5.41, 5.74) is 0.590. The summed E-state index contributed by atoms with van der Waals surface area (Å²) >= 11 is 0. The summed E-state index contributed by atoms with van der Waals surface area (Å²) in [5, 5.41) is 12.0. The van der Waals surface area contributed by atoms with E-state index in [0.717, 1.165) is 0 Å². The second kappa shape index (κ2) is 4.89.